The van der Waals surface area contributed by atoms with E-state index in [9.17, 15) is 9.59 Å². The lowest BCUT2D eigenvalue weighted by molar-refractivity contribution is -0.137. The first-order valence-electron chi connectivity index (χ1n) is 9.56. The molecule has 0 saturated heterocycles. The highest BCUT2D eigenvalue weighted by Crippen LogP contribution is 2.26. The molecule has 0 unspecified atom stereocenters. The molecule has 0 aliphatic rings. The van der Waals surface area contributed by atoms with Crippen LogP contribution < -0.4 is 5.32 Å². The molecule has 26 heavy (non-hydrogen) atoms. The van der Waals surface area contributed by atoms with Crippen molar-refractivity contribution in [2.75, 3.05) is 6.61 Å². The Morgan fingerprint density at radius 2 is 1.58 bits per heavy atom. The van der Waals surface area contributed by atoms with Gasteiger partial charge in [-0.05, 0) is 44.1 Å². The lowest BCUT2D eigenvalue weighted by Gasteiger charge is -2.32. The molecule has 0 spiro atoms. The third-order valence-corrected chi connectivity index (χ3v) is 3.46. The summed E-state index contributed by atoms with van der Waals surface area (Å²) in [6.45, 7) is 22.3. The van der Waals surface area contributed by atoms with E-state index >= 15 is 0 Å². The number of carbonyl (C=O) groups excluding carboxylic acids is 2. The summed E-state index contributed by atoms with van der Waals surface area (Å²) in [6, 6.07) is 0. The molecule has 0 radical (unpaired) electrons. The Labute approximate surface area is 161 Å². The third-order valence-electron chi connectivity index (χ3n) is 3.46. The van der Waals surface area contributed by atoms with Crippen molar-refractivity contribution in [3.8, 4) is 0 Å². The molecule has 4 nitrogen and oxygen atoms in total. The Balaban J connectivity index is 0. The van der Waals surface area contributed by atoms with Gasteiger partial charge >= 0.3 is 5.97 Å². The normalized spacial score (nSPS) is 11.2. The van der Waals surface area contributed by atoms with E-state index in [-0.39, 0.29) is 22.8 Å². The molecule has 0 rings (SSSR count). The van der Waals surface area contributed by atoms with Gasteiger partial charge in [-0.25, -0.2) is 4.79 Å². The van der Waals surface area contributed by atoms with Gasteiger partial charge in [0.25, 0.3) is 0 Å². The molecular weight excluding hydrogens is 326 g/mol. The lowest BCUT2D eigenvalue weighted by Crippen LogP contribution is -2.45. The van der Waals surface area contributed by atoms with E-state index in [1.165, 1.54) is 25.0 Å². The van der Waals surface area contributed by atoms with Gasteiger partial charge in [0.15, 0.2) is 0 Å². The molecule has 0 aromatic heterocycles. The van der Waals surface area contributed by atoms with Crippen LogP contribution in [0.4, 0.5) is 0 Å². The van der Waals surface area contributed by atoms with Crippen molar-refractivity contribution in [2.24, 2.45) is 11.3 Å². The fraction of sp³-hybridized carbons (Fsp3) is 0.727. The van der Waals surface area contributed by atoms with Gasteiger partial charge in [0, 0.05) is 11.6 Å². The maximum absolute atomic E-state index is 11.1. The fourth-order valence-electron chi connectivity index (χ4n) is 2.82. The highest BCUT2D eigenvalue weighted by Gasteiger charge is 2.25. The average molecular weight is 368 g/mol. The molecule has 0 bridgehead atoms. The van der Waals surface area contributed by atoms with Crippen molar-refractivity contribution < 1.29 is 14.3 Å². The minimum atomic E-state index is -0.316. The second-order valence-corrected chi connectivity index (χ2v) is 8.93. The number of carbonyl (C=O) groups is 2. The number of hydrogen-bond donors (Lipinski definition) is 1. The zero-order chi connectivity index (χ0) is 20.8. The van der Waals surface area contributed by atoms with E-state index in [0.717, 1.165) is 25.2 Å². The summed E-state index contributed by atoms with van der Waals surface area (Å²) in [7, 11) is 0. The van der Waals surface area contributed by atoms with Gasteiger partial charge in [-0.3, -0.25) is 4.79 Å². The fourth-order valence-corrected chi connectivity index (χ4v) is 2.82. The molecule has 1 N–H and O–H groups in total. The van der Waals surface area contributed by atoms with Gasteiger partial charge < -0.3 is 10.1 Å². The van der Waals surface area contributed by atoms with Crippen LogP contribution in [0.3, 0.4) is 0 Å². The Morgan fingerprint density at radius 3 is 2.00 bits per heavy atom. The van der Waals surface area contributed by atoms with Crippen molar-refractivity contribution >= 4 is 11.9 Å². The molecule has 0 saturated carbocycles. The maximum Gasteiger partial charge on any atom is 0.330 e. The Kier molecular flexibility index (Phi) is 13.9. The van der Waals surface area contributed by atoms with Gasteiger partial charge in [0.2, 0.25) is 5.91 Å². The van der Waals surface area contributed by atoms with E-state index in [4.69, 9.17) is 4.74 Å². The van der Waals surface area contributed by atoms with E-state index in [2.05, 4.69) is 53.1 Å². The smallest absolute Gasteiger partial charge is 0.330 e. The molecule has 0 fully saturated rings. The summed E-state index contributed by atoms with van der Waals surface area (Å²) in [4.78, 5) is 21.7. The van der Waals surface area contributed by atoms with Crippen LogP contribution in [0.15, 0.2) is 25.3 Å². The van der Waals surface area contributed by atoms with Crippen LogP contribution in [0.5, 0.6) is 0 Å². The molecule has 0 atom stereocenters. The SMILES string of the molecule is C=CC(=O)NC(C)(C)CC(C)(C)C.C=CC(=O)OCCCCCC(C)C. The predicted molar refractivity (Wildman–Crippen MR) is 111 cm³/mol. The molecule has 0 aliphatic heterocycles. The highest BCUT2D eigenvalue weighted by atomic mass is 16.5. The van der Waals surface area contributed by atoms with Crippen LogP contribution in [0, 0.1) is 11.3 Å². The standard InChI is InChI=1S/C11H21NO.C11H20O2/c1-7-9(13)12-11(5,6)8-10(2,3)4;1-4-11(12)13-9-7-5-6-8-10(2)3/h7H,1,8H2,2-6H3,(H,12,13);4,10H,1,5-9H2,2-3H3. The molecule has 4 heteroatoms. The summed E-state index contributed by atoms with van der Waals surface area (Å²) in [5, 5.41) is 2.91. The summed E-state index contributed by atoms with van der Waals surface area (Å²) in [5.74, 6) is 0.355. The van der Waals surface area contributed by atoms with E-state index in [0.29, 0.717) is 6.61 Å². The Morgan fingerprint density at radius 1 is 1.00 bits per heavy atom. The average Bonchev–Trinajstić information content (AvgIpc) is 2.47. The third kappa shape index (κ3) is 20.5. The van der Waals surface area contributed by atoms with Crippen LogP contribution in [-0.2, 0) is 14.3 Å². The summed E-state index contributed by atoms with van der Waals surface area (Å²) in [5.41, 5.74) is 0.0570. The summed E-state index contributed by atoms with van der Waals surface area (Å²) < 4.78 is 4.84. The Hall–Kier alpha value is -1.58. The van der Waals surface area contributed by atoms with Crippen molar-refractivity contribution in [1.82, 2.24) is 5.32 Å². The second kappa shape index (κ2) is 13.6. The zero-order valence-electron chi connectivity index (χ0n) is 18.1. The molecule has 152 valence electrons. The van der Waals surface area contributed by atoms with E-state index in [1.807, 2.05) is 13.8 Å². The predicted octanol–water partition coefficient (Wildman–Crippen LogP) is 5.44. The summed E-state index contributed by atoms with van der Waals surface area (Å²) in [6.07, 6.45) is 8.05. The number of hydrogen-bond acceptors (Lipinski definition) is 3. The van der Waals surface area contributed by atoms with Gasteiger partial charge in [-0.1, -0.05) is 67.0 Å². The summed E-state index contributed by atoms with van der Waals surface area (Å²) >= 11 is 0. The van der Waals surface area contributed by atoms with Crippen LogP contribution in [0.25, 0.3) is 0 Å². The molecular formula is C22H41NO3. The van der Waals surface area contributed by atoms with Crippen LogP contribution in [0.2, 0.25) is 0 Å². The van der Waals surface area contributed by atoms with Gasteiger partial charge in [-0.15, -0.1) is 0 Å². The molecule has 0 aromatic rings. The largest absolute Gasteiger partial charge is 0.463 e. The topological polar surface area (TPSA) is 55.4 Å². The Bertz CT molecular complexity index is 431. The number of ether oxygens (including phenoxy) is 1. The minimum absolute atomic E-state index is 0.103. The van der Waals surface area contributed by atoms with Gasteiger partial charge in [-0.2, -0.15) is 0 Å². The van der Waals surface area contributed by atoms with Crippen LogP contribution in [-0.4, -0.2) is 24.0 Å². The first-order chi connectivity index (χ1) is 11.8. The maximum atomic E-state index is 11.1. The molecule has 0 aromatic carbocycles. The number of esters is 1. The zero-order valence-corrected chi connectivity index (χ0v) is 18.1. The molecule has 0 heterocycles. The van der Waals surface area contributed by atoms with E-state index in [1.54, 1.807) is 0 Å². The van der Waals surface area contributed by atoms with E-state index < -0.39 is 0 Å². The second-order valence-electron chi connectivity index (χ2n) is 8.93. The first-order valence-corrected chi connectivity index (χ1v) is 9.56. The highest BCUT2D eigenvalue weighted by molar-refractivity contribution is 5.87. The number of unbranched alkanes of at least 4 members (excludes halogenated alkanes) is 2. The van der Waals surface area contributed by atoms with Crippen molar-refractivity contribution in [3.05, 3.63) is 25.3 Å². The monoisotopic (exact) mass is 367 g/mol. The molecule has 0 aliphatic carbocycles. The quantitative estimate of drug-likeness (QED) is 0.318. The number of nitrogens with one attached hydrogen (secondary N) is 1. The van der Waals surface area contributed by atoms with Crippen molar-refractivity contribution in [3.63, 3.8) is 0 Å². The van der Waals surface area contributed by atoms with Crippen LogP contribution >= 0.6 is 0 Å². The van der Waals surface area contributed by atoms with Crippen molar-refractivity contribution in [1.29, 1.82) is 0 Å². The number of rotatable bonds is 10. The van der Waals surface area contributed by atoms with Gasteiger partial charge in [0.1, 0.15) is 0 Å². The number of amides is 1. The lowest BCUT2D eigenvalue weighted by atomic mass is 9.82. The minimum Gasteiger partial charge on any atom is -0.463 e. The van der Waals surface area contributed by atoms with Crippen molar-refractivity contribution in [2.45, 2.75) is 86.1 Å². The van der Waals surface area contributed by atoms with Crippen LogP contribution in [0.1, 0.15) is 80.6 Å². The molecule has 1 amide bonds. The first kappa shape index (κ1) is 26.6. The van der Waals surface area contributed by atoms with Gasteiger partial charge in [0.05, 0.1) is 6.61 Å².